The Hall–Kier alpha value is 1.25. The standard InChI is InChI=1S/C4H11N.2ClH.Ti/c1-4(2,3)5;;;/h5H2,1-3H3;2*1H;/p-1. The first-order valence-electron chi connectivity index (χ1n) is 1.85. The van der Waals surface area contributed by atoms with Gasteiger partial charge >= 0.3 is 0 Å². The van der Waals surface area contributed by atoms with Crippen molar-refractivity contribution in [3.05, 3.63) is 0 Å². The first kappa shape index (κ1) is 22.8. The molecular weight excluding hydrogens is 181 g/mol. The molecule has 3 N–H and O–H groups in total. The van der Waals surface area contributed by atoms with E-state index in [1.807, 2.05) is 0 Å². The topological polar surface area (TPSA) is 27.6 Å². The summed E-state index contributed by atoms with van der Waals surface area (Å²) in [6.45, 7) is 6.23. The Balaban J connectivity index is -0.0000000267. The molecule has 0 radical (unpaired) electrons. The van der Waals surface area contributed by atoms with Crippen LogP contribution in [-0.2, 0) is 21.7 Å². The van der Waals surface area contributed by atoms with E-state index in [-0.39, 0.29) is 52.1 Å². The molecule has 52 valence electrons. The van der Waals surface area contributed by atoms with Crippen molar-refractivity contribution in [2.24, 2.45) is 0 Å². The van der Waals surface area contributed by atoms with Crippen molar-refractivity contribution in [1.29, 1.82) is 0 Å². The van der Waals surface area contributed by atoms with Crippen LogP contribution in [-0.4, -0.2) is 5.54 Å². The predicted octanol–water partition coefficient (Wildman–Crippen LogP) is -5.97. The van der Waals surface area contributed by atoms with Crippen molar-refractivity contribution >= 4 is 0 Å². The van der Waals surface area contributed by atoms with Crippen LogP contribution in [0.5, 0.6) is 0 Å². The molecule has 0 aromatic heterocycles. The smallest absolute Gasteiger partial charge is 0.0860 e. The number of halogens is 2. The molecular formula is C4H12Cl2NTi-. The van der Waals surface area contributed by atoms with Crippen LogP contribution in [0, 0.1) is 0 Å². The molecule has 0 saturated heterocycles. The summed E-state index contributed by atoms with van der Waals surface area (Å²) >= 11 is 0. The van der Waals surface area contributed by atoms with E-state index < -0.39 is 0 Å². The SMILES string of the molecule is CC(C)(C)[NH3+].[Cl-].[Cl-].[Ti]. The average Bonchev–Trinajstić information content (AvgIpc) is 0.722. The Morgan fingerprint density at radius 3 is 1.00 bits per heavy atom. The van der Waals surface area contributed by atoms with Crippen molar-refractivity contribution in [3.8, 4) is 0 Å². The Morgan fingerprint density at radius 1 is 1.00 bits per heavy atom. The van der Waals surface area contributed by atoms with Gasteiger partial charge in [0.05, 0.1) is 5.54 Å². The zero-order valence-electron chi connectivity index (χ0n) is 5.46. The number of hydrogen-bond donors (Lipinski definition) is 1. The minimum Gasteiger partial charge on any atom is -1.00 e. The zero-order chi connectivity index (χ0) is 4.50. The van der Waals surface area contributed by atoms with E-state index in [2.05, 4.69) is 26.5 Å². The third-order valence-corrected chi connectivity index (χ3v) is 0. The van der Waals surface area contributed by atoms with Gasteiger partial charge in [0.15, 0.2) is 0 Å². The van der Waals surface area contributed by atoms with Gasteiger partial charge in [-0.3, -0.25) is 0 Å². The summed E-state index contributed by atoms with van der Waals surface area (Å²) < 4.78 is 0. The molecule has 0 atom stereocenters. The summed E-state index contributed by atoms with van der Waals surface area (Å²) in [5.41, 5.74) is 4.02. The quantitative estimate of drug-likeness (QED) is 0.371. The summed E-state index contributed by atoms with van der Waals surface area (Å²) in [5.74, 6) is 0. The van der Waals surface area contributed by atoms with E-state index >= 15 is 0 Å². The molecule has 0 aromatic rings. The van der Waals surface area contributed by atoms with Gasteiger partial charge in [-0.15, -0.1) is 0 Å². The molecule has 0 aliphatic heterocycles. The maximum Gasteiger partial charge on any atom is 0.0860 e. The molecule has 8 heavy (non-hydrogen) atoms. The Labute approximate surface area is 78.5 Å². The fourth-order valence-corrected chi connectivity index (χ4v) is 0. The Kier molecular flexibility index (Phi) is 23.6. The van der Waals surface area contributed by atoms with Gasteiger partial charge in [0.1, 0.15) is 0 Å². The van der Waals surface area contributed by atoms with Crippen molar-refractivity contribution in [1.82, 2.24) is 0 Å². The van der Waals surface area contributed by atoms with E-state index in [1.165, 1.54) is 0 Å². The second kappa shape index (κ2) is 8.25. The van der Waals surface area contributed by atoms with Crippen LogP contribution in [0.4, 0.5) is 0 Å². The molecule has 1 nitrogen and oxygen atoms in total. The Bertz CT molecular complexity index is 29.5. The average molecular weight is 193 g/mol. The number of rotatable bonds is 0. The van der Waals surface area contributed by atoms with Crippen molar-refractivity contribution in [2.45, 2.75) is 26.3 Å². The fraction of sp³-hybridized carbons (Fsp3) is 1.00. The molecule has 0 fully saturated rings. The largest absolute Gasteiger partial charge is 1.00 e. The van der Waals surface area contributed by atoms with Gasteiger partial charge in [-0.05, 0) is 20.8 Å². The van der Waals surface area contributed by atoms with Crippen molar-refractivity contribution in [3.63, 3.8) is 0 Å². The summed E-state index contributed by atoms with van der Waals surface area (Å²) in [5, 5.41) is 0. The van der Waals surface area contributed by atoms with Crippen LogP contribution in [0.3, 0.4) is 0 Å². The minimum absolute atomic E-state index is 0. The van der Waals surface area contributed by atoms with Crippen LogP contribution in [0.1, 0.15) is 20.8 Å². The van der Waals surface area contributed by atoms with Gasteiger partial charge in [0.2, 0.25) is 0 Å². The molecule has 0 saturated carbocycles. The Morgan fingerprint density at radius 2 is 1.00 bits per heavy atom. The van der Waals surface area contributed by atoms with Gasteiger partial charge < -0.3 is 30.5 Å². The predicted molar refractivity (Wildman–Crippen MR) is 22.6 cm³/mol. The molecule has 0 rings (SSSR count). The number of hydrogen-bond acceptors (Lipinski definition) is 0. The molecule has 0 aliphatic carbocycles. The van der Waals surface area contributed by atoms with E-state index in [4.69, 9.17) is 0 Å². The van der Waals surface area contributed by atoms with E-state index in [1.54, 1.807) is 0 Å². The summed E-state index contributed by atoms with van der Waals surface area (Å²) in [7, 11) is 0. The van der Waals surface area contributed by atoms with Gasteiger partial charge in [-0.25, -0.2) is 0 Å². The second-order valence-corrected chi connectivity index (χ2v) is 2.56. The van der Waals surface area contributed by atoms with Gasteiger partial charge in [0.25, 0.3) is 0 Å². The van der Waals surface area contributed by atoms with Crippen LogP contribution in [0.15, 0.2) is 0 Å². The molecule has 0 aliphatic rings. The van der Waals surface area contributed by atoms with Crippen LogP contribution in [0.2, 0.25) is 0 Å². The van der Waals surface area contributed by atoms with Crippen LogP contribution in [0.25, 0.3) is 0 Å². The first-order valence-corrected chi connectivity index (χ1v) is 1.85. The fourth-order valence-electron chi connectivity index (χ4n) is 0. The van der Waals surface area contributed by atoms with E-state index in [0.29, 0.717) is 0 Å². The maximum absolute atomic E-state index is 3.77. The van der Waals surface area contributed by atoms with E-state index in [9.17, 15) is 0 Å². The molecule has 0 unspecified atom stereocenters. The monoisotopic (exact) mass is 192 g/mol. The van der Waals surface area contributed by atoms with Crippen LogP contribution >= 0.6 is 0 Å². The summed E-state index contributed by atoms with van der Waals surface area (Å²) in [4.78, 5) is 0. The molecule has 0 bridgehead atoms. The molecule has 0 amide bonds. The minimum atomic E-state index is 0. The first-order chi connectivity index (χ1) is 2.00. The van der Waals surface area contributed by atoms with Gasteiger partial charge in [0, 0.05) is 21.7 Å². The van der Waals surface area contributed by atoms with Crippen LogP contribution < -0.4 is 30.5 Å². The molecule has 0 heterocycles. The summed E-state index contributed by atoms with van der Waals surface area (Å²) in [6, 6.07) is 0. The normalized spacial score (nSPS) is 7.50. The number of quaternary nitrogens is 1. The van der Waals surface area contributed by atoms with Gasteiger partial charge in [-0.2, -0.15) is 0 Å². The van der Waals surface area contributed by atoms with Gasteiger partial charge in [-0.1, -0.05) is 0 Å². The second-order valence-electron chi connectivity index (χ2n) is 2.56. The zero-order valence-corrected chi connectivity index (χ0v) is 8.54. The third kappa shape index (κ3) is 180. The van der Waals surface area contributed by atoms with Crippen molar-refractivity contribution in [2.75, 3.05) is 0 Å². The third-order valence-electron chi connectivity index (χ3n) is 0. The molecule has 4 heteroatoms. The summed E-state index contributed by atoms with van der Waals surface area (Å²) in [6.07, 6.45) is 0. The maximum atomic E-state index is 3.77. The van der Waals surface area contributed by atoms with E-state index in [0.717, 1.165) is 0 Å². The van der Waals surface area contributed by atoms with Crippen molar-refractivity contribution < 1.29 is 52.3 Å². The molecule has 0 spiro atoms. The molecule has 0 aromatic carbocycles.